The van der Waals surface area contributed by atoms with E-state index in [2.05, 4.69) is 29.2 Å². The zero-order valence-corrected chi connectivity index (χ0v) is 18.4. The van der Waals surface area contributed by atoms with Gasteiger partial charge >= 0.3 is 0 Å². The van der Waals surface area contributed by atoms with Crippen molar-refractivity contribution in [2.45, 2.75) is 58.5 Å². The topological polar surface area (TPSA) is 73.5 Å². The van der Waals surface area contributed by atoms with E-state index in [1.165, 1.54) is 5.56 Å². The molecule has 0 bridgehead atoms. The highest BCUT2D eigenvalue weighted by molar-refractivity contribution is 5.94. The molecule has 2 aromatic rings. The van der Waals surface area contributed by atoms with Crippen molar-refractivity contribution in [2.24, 2.45) is 5.92 Å². The fourth-order valence-corrected chi connectivity index (χ4v) is 4.41. The molecule has 0 atom stereocenters. The number of aromatic amines is 1. The van der Waals surface area contributed by atoms with Crippen LogP contribution in [0.25, 0.3) is 0 Å². The molecule has 0 unspecified atom stereocenters. The number of aromatic nitrogens is 1. The molecule has 0 radical (unpaired) electrons. The summed E-state index contributed by atoms with van der Waals surface area (Å²) in [4.78, 5) is 43.3. The van der Waals surface area contributed by atoms with Gasteiger partial charge in [-0.25, -0.2) is 0 Å². The molecule has 2 heterocycles. The Morgan fingerprint density at radius 1 is 1.00 bits per heavy atom. The van der Waals surface area contributed by atoms with Gasteiger partial charge in [0.2, 0.25) is 5.91 Å². The maximum absolute atomic E-state index is 13.0. The lowest BCUT2D eigenvalue weighted by Gasteiger charge is -2.31. The van der Waals surface area contributed by atoms with Gasteiger partial charge in [-0.1, -0.05) is 24.3 Å². The van der Waals surface area contributed by atoms with E-state index in [-0.39, 0.29) is 29.0 Å². The van der Waals surface area contributed by atoms with Gasteiger partial charge in [-0.15, -0.1) is 0 Å². The van der Waals surface area contributed by atoms with Gasteiger partial charge in [-0.2, -0.15) is 0 Å². The van der Waals surface area contributed by atoms with Gasteiger partial charge < -0.3 is 14.8 Å². The summed E-state index contributed by atoms with van der Waals surface area (Å²) in [5.41, 5.74) is 3.03. The second-order valence-electron chi connectivity index (χ2n) is 9.02. The van der Waals surface area contributed by atoms with Crippen LogP contribution < -0.4 is 5.56 Å². The zero-order valence-electron chi connectivity index (χ0n) is 18.4. The first-order valence-corrected chi connectivity index (χ1v) is 11.2. The number of carbonyl (C=O) groups is 2. The van der Waals surface area contributed by atoms with E-state index in [0.717, 1.165) is 56.5 Å². The SMILES string of the molecule is CC(=O)N1CCC(Cc2ccc(CN(C(=O)c3ccc(C)[nH]c3=O)C3CC3)cc2)CC1. The molecule has 164 valence electrons. The summed E-state index contributed by atoms with van der Waals surface area (Å²) in [6.45, 7) is 5.68. The molecule has 1 aliphatic heterocycles. The lowest BCUT2D eigenvalue weighted by atomic mass is 9.90. The maximum Gasteiger partial charge on any atom is 0.260 e. The third-order valence-electron chi connectivity index (χ3n) is 6.49. The third-order valence-corrected chi connectivity index (χ3v) is 6.49. The van der Waals surface area contributed by atoms with Crippen molar-refractivity contribution in [3.8, 4) is 0 Å². The molecule has 31 heavy (non-hydrogen) atoms. The summed E-state index contributed by atoms with van der Waals surface area (Å²) < 4.78 is 0. The molecule has 2 fully saturated rings. The summed E-state index contributed by atoms with van der Waals surface area (Å²) in [5, 5.41) is 0. The molecule has 6 nitrogen and oxygen atoms in total. The van der Waals surface area contributed by atoms with Crippen molar-refractivity contribution in [3.05, 3.63) is 69.1 Å². The van der Waals surface area contributed by atoms with Crippen LogP contribution in [0.5, 0.6) is 0 Å². The van der Waals surface area contributed by atoms with Gasteiger partial charge in [0.1, 0.15) is 5.56 Å². The smallest absolute Gasteiger partial charge is 0.260 e. The Balaban J connectivity index is 1.38. The van der Waals surface area contributed by atoms with E-state index in [1.807, 2.05) is 16.7 Å². The highest BCUT2D eigenvalue weighted by Gasteiger charge is 2.34. The lowest BCUT2D eigenvalue weighted by Crippen LogP contribution is -2.37. The van der Waals surface area contributed by atoms with Gasteiger partial charge in [0, 0.05) is 38.3 Å². The predicted molar refractivity (Wildman–Crippen MR) is 120 cm³/mol. The van der Waals surface area contributed by atoms with E-state index in [0.29, 0.717) is 12.5 Å². The number of nitrogens with one attached hydrogen (secondary N) is 1. The van der Waals surface area contributed by atoms with Crippen LogP contribution in [0.15, 0.2) is 41.2 Å². The van der Waals surface area contributed by atoms with Gasteiger partial charge in [0.15, 0.2) is 0 Å². The first-order valence-electron chi connectivity index (χ1n) is 11.2. The number of piperidine rings is 1. The number of nitrogens with zero attached hydrogens (tertiary/aromatic N) is 2. The largest absolute Gasteiger partial charge is 0.343 e. The Labute approximate surface area is 183 Å². The van der Waals surface area contributed by atoms with Crippen molar-refractivity contribution in [1.29, 1.82) is 0 Å². The average Bonchev–Trinajstić information content (AvgIpc) is 3.58. The number of hydrogen-bond donors (Lipinski definition) is 1. The molecule has 0 spiro atoms. The van der Waals surface area contributed by atoms with Crippen molar-refractivity contribution < 1.29 is 9.59 Å². The summed E-state index contributed by atoms with van der Waals surface area (Å²) in [6.07, 6.45) is 5.11. The molecule has 1 N–H and O–H groups in total. The third kappa shape index (κ3) is 5.24. The fourth-order valence-electron chi connectivity index (χ4n) is 4.41. The molecule has 6 heteroatoms. The number of hydrogen-bond acceptors (Lipinski definition) is 3. The van der Waals surface area contributed by atoms with Crippen molar-refractivity contribution in [1.82, 2.24) is 14.8 Å². The normalized spacial score (nSPS) is 16.9. The zero-order chi connectivity index (χ0) is 22.0. The number of benzene rings is 1. The van der Waals surface area contributed by atoms with Crippen LogP contribution >= 0.6 is 0 Å². The standard InChI is InChI=1S/C25H31N3O3/c1-17-3-10-23(24(30)26-17)25(31)28(22-8-9-22)16-21-6-4-19(5-7-21)15-20-11-13-27(14-12-20)18(2)29/h3-7,10,20,22H,8-9,11-16H2,1-2H3,(H,26,30). The molecule has 1 aliphatic carbocycles. The molecule has 4 rings (SSSR count). The number of carbonyl (C=O) groups excluding carboxylic acids is 2. The molecular formula is C25H31N3O3. The predicted octanol–water partition coefficient (Wildman–Crippen LogP) is 3.29. The van der Waals surface area contributed by atoms with Crippen LogP contribution in [-0.4, -0.2) is 45.7 Å². The first kappa shape index (κ1) is 21.3. The van der Waals surface area contributed by atoms with E-state index >= 15 is 0 Å². The van der Waals surface area contributed by atoms with Gasteiger partial charge in [-0.3, -0.25) is 14.4 Å². The molecule has 1 saturated carbocycles. The van der Waals surface area contributed by atoms with Crippen molar-refractivity contribution in [3.63, 3.8) is 0 Å². The second-order valence-corrected chi connectivity index (χ2v) is 9.02. The maximum atomic E-state index is 13.0. The van der Waals surface area contributed by atoms with Crippen LogP contribution in [0.1, 0.15) is 59.8 Å². The van der Waals surface area contributed by atoms with Crippen LogP contribution in [0.4, 0.5) is 0 Å². The number of pyridine rings is 1. The second kappa shape index (κ2) is 9.08. The first-order chi connectivity index (χ1) is 14.9. The lowest BCUT2D eigenvalue weighted by molar-refractivity contribution is -0.130. The molecule has 1 saturated heterocycles. The Bertz CT molecular complexity index is 999. The van der Waals surface area contributed by atoms with Gasteiger partial charge in [-0.05, 0) is 68.2 Å². The molecule has 2 aliphatic rings. The highest BCUT2D eigenvalue weighted by atomic mass is 16.2. The van der Waals surface area contributed by atoms with Crippen molar-refractivity contribution in [2.75, 3.05) is 13.1 Å². The minimum absolute atomic E-state index is 0.171. The number of H-pyrrole nitrogens is 1. The summed E-state index contributed by atoms with van der Waals surface area (Å²) in [6, 6.07) is 12.1. The van der Waals surface area contributed by atoms with E-state index in [1.54, 1.807) is 19.1 Å². The summed E-state index contributed by atoms with van der Waals surface area (Å²) in [7, 11) is 0. The van der Waals surface area contributed by atoms with E-state index in [4.69, 9.17) is 0 Å². The Morgan fingerprint density at radius 2 is 1.65 bits per heavy atom. The Kier molecular flexibility index (Phi) is 6.25. The molecule has 2 amide bonds. The van der Waals surface area contributed by atoms with Crippen LogP contribution in [0, 0.1) is 12.8 Å². The Hall–Kier alpha value is -2.89. The Morgan fingerprint density at radius 3 is 2.23 bits per heavy atom. The van der Waals surface area contributed by atoms with Gasteiger partial charge in [0.05, 0.1) is 0 Å². The monoisotopic (exact) mass is 421 g/mol. The van der Waals surface area contributed by atoms with E-state index in [9.17, 15) is 14.4 Å². The molecule has 1 aromatic heterocycles. The van der Waals surface area contributed by atoms with E-state index < -0.39 is 0 Å². The highest BCUT2D eigenvalue weighted by Crippen LogP contribution is 2.30. The summed E-state index contributed by atoms with van der Waals surface area (Å²) in [5.74, 6) is 0.592. The van der Waals surface area contributed by atoms with Crippen LogP contribution in [0.3, 0.4) is 0 Å². The summed E-state index contributed by atoms with van der Waals surface area (Å²) >= 11 is 0. The van der Waals surface area contributed by atoms with Crippen molar-refractivity contribution >= 4 is 11.8 Å². The quantitative estimate of drug-likeness (QED) is 0.778. The number of likely N-dealkylation sites (tertiary alicyclic amines) is 1. The molecular weight excluding hydrogens is 390 g/mol. The van der Waals surface area contributed by atoms with Crippen LogP contribution in [0.2, 0.25) is 0 Å². The number of rotatable bonds is 6. The fraction of sp³-hybridized carbons (Fsp3) is 0.480. The molecule has 1 aromatic carbocycles. The number of amides is 2. The van der Waals surface area contributed by atoms with Gasteiger partial charge in [0.25, 0.3) is 11.5 Å². The average molecular weight is 422 g/mol. The minimum Gasteiger partial charge on any atom is -0.343 e. The number of aryl methyl sites for hydroxylation is 1. The van der Waals surface area contributed by atoms with Crippen LogP contribution in [-0.2, 0) is 17.8 Å². The minimum atomic E-state index is -0.318.